The van der Waals surface area contributed by atoms with E-state index in [1.165, 1.54) is 83.5 Å². The first-order valence-corrected chi connectivity index (χ1v) is 15.1. The second-order valence-electron chi connectivity index (χ2n) is 10.9. The van der Waals surface area contributed by atoms with Crippen LogP contribution in [0.5, 0.6) is 0 Å². The number of rotatable bonds is 25. The molecule has 1 N–H and O–H groups in total. The summed E-state index contributed by atoms with van der Waals surface area (Å²) in [7, 11) is 3.41. The average molecular weight is 511 g/mol. The van der Waals surface area contributed by atoms with Crippen molar-refractivity contribution in [1.29, 1.82) is 0 Å². The summed E-state index contributed by atoms with van der Waals surface area (Å²) in [4.78, 5) is 9.89. The van der Waals surface area contributed by atoms with Gasteiger partial charge >= 0.3 is 7.82 Å². The van der Waals surface area contributed by atoms with Crippen molar-refractivity contribution in [3.05, 3.63) is 0 Å². The molecule has 8 heteroatoms. The van der Waals surface area contributed by atoms with Crippen LogP contribution >= 0.6 is 7.82 Å². The van der Waals surface area contributed by atoms with E-state index in [1.807, 2.05) is 28.1 Å². The second-order valence-corrected chi connectivity index (χ2v) is 12.3. The van der Waals surface area contributed by atoms with E-state index in [1.54, 1.807) is 7.11 Å². The summed E-state index contributed by atoms with van der Waals surface area (Å²) in [5.74, 6) is 0. The van der Waals surface area contributed by atoms with Gasteiger partial charge in [0, 0.05) is 13.7 Å². The maximum Gasteiger partial charge on any atom is 0.472 e. The molecule has 2 unspecified atom stereocenters. The van der Waals surface area contributed by atoms with Crippen molar-refractivity contribution in [2.75, 3.05) is 61.2 Å². The Balaban J connectivity index is 3.69. The molecule has 0 aromatic heterocycles. The lowest BCUT2D eigenvalue weighted by Crippen LogP contribution is -2.39. The molecule has 0 aliphatic carbocycles. The Hall–Kier alpha value is -0.0100. The third-order valence-corrected chi connectivity index (χ3v) is 7.06. The van der Waals surface area contributed by atoms with Crippen LogP contribution in [0.1, 0.15) is 104 Å². The minimum atomic E-state index is -4.11. The van der Waals surface area contributed by atoms with Crippen LogP contribution in [0.4, 0.5) is 0 Å². The molecule has 0 rings (SSSR count). The molecular weight excluding hydrogens is 453 g/mol. The largest absolute Gasteiger partial charge is 0.472 e. The third-order valence-electron chi connectivity index (χ3n) is 6.09. The number of hydrogen-bond donors (Lipinski definition) is 1. The fourth-order valence-corrected chi connectivity index (χ4v) is 4.35. The van der Waals surface area contributed by atoms with Crippen molar-refractivity contribution in [2.24, 2.45) is 0 Å². The summed E-state index contributed by atoms with van der Waals surface area (Å²) in [6.07, 6.45) is 18.6. The fourth-order valence-electron chi connectivity index (χ4n) is 3.53. The molecule has 0 saturated carbocycles. The van der Waals surface area contributed by atoms with E-state index in [0.29, 0.717) is 24.2 Å². The van der Waals surface area contributed by atoms with Crippen molar-refractivity contribution in [3.63, 3.8) is 0 Å². The van der Waals surface area contributed by atoms with E-state index in [4.69, 9.17) is 18.5 Å². The van der Waals surface area contributed by atoms with Crippen LogP contribution < -0.4 is 0 Å². The lowest BCUT2D eigenvalue weighted by atomic mass is 10.0. The Morgan fingerprint density at radius 3 is 1.65 bits per heavy atom. The van der Waals surface area contributed by atoms with Gasteiger partial charge in [0.15, 0.2) is 0 Å². The number of phosphoric ester groups is 1. The highest BCUT2D eigenvalue weighted by Crippen LogP contribution is 2.44. The summed E-state index contributed by atoms with van der Waals surface area (Å²) in [6, 6.07) is 0. The number of likely N-dealkylation sites (N-methyl/N-ethyl adjacent to an activating group) is 1. The van der Waals surface area contributed by atoms with Crippen molar-refractivity contribution >= 4 is 7.82 Å². The molecule has 0 aliphatic heterocycles. The zero-order chi connectivity index (χ0) is 25.8. The smallest absolute Gasteiger partial charge is 0.378 e. The van der Waals surface area contributed by atoms with Crippen molar-refractivity contribution in [1.82, 2.24) is 0 Å². The first kappa shape index (κ1) is 34.0. The van der Waals surface area contributed by atoms with Gasteiger partial charge in [-0.2, -0.15) is 0 Å². The van der Waals surface area contributed by atoms with Gasteiger partial charge in [0.2, 0.25) is 0 Å². The highest BCUT2D eigenvalue weighted by Gasteiger charge is 2.31. The van der Waals surface area contributed by atoms with Crippen molar-refractivity contribution in [2.45, 2.75) is 109 Å². The normalized spacial score (nSPS) is 15.9. The molecule has 7 nitrogen and oxygen atoms in total. The second kappa shape index (κ2) is 20.1. The minimum Gasteiger partial charge on any atom is -0.378 e. The lowest BCUT2D eigenvalue weighted by molar-refractivity contribution is -0.870. The van der Waals surface area contributed by atoms with Crippen LogP contribution in [0, 0.1) is 0 Å². The number of quaternary nitrogens is 1. The van der Waals surface area contributed by atoms with Gasteiger partial charge in [-0.15, -0.1) is 0 Å². The van der Waals surface area contributed by atoms with Gasteiger partial charge in [-0.05, 0) is 13.3 Å². The van der Waals surface area contributed by atoms with Crippen LogP contribution in [0.2, 0.25) is 0 Å². The highest BCUT2D eigenvalue weighted by molar-refractivity contribution is 7.47. The third kappa shape index (κ3) is 22.5. The summed E-state index contributed by atoms with van der Waals surface area (Å²) < 4.78 is 34.2. The SMILES string of the molecule is CCCCCCCCCCCCCCCCOCC(C)(COP(=O)(O)OCC[N+](C)(C)C)OC. The number of phosphoric acid groups is 1. The Morgan fingerprint density at radius 1 is 0.735 bits per heavy atom. The maximum absolute atomic E-state index is 12.1. The quantitative estimate of drug-likeness (QED) is 0.0834. The first-order chi connectivity index (χ1) is 16.0. The van der Waals surface area contributed by atoms with Crippen molar-refractivity contribution < 1.29 is 32.5 Å². The minimum absolute atomic E-state index is 0.0691. The molecule has 206 valence electrons. The van der Waals surface area contributed by atoms with E-state index >= 15 is 0 Å². The van der Waals surface area contributed by atoms with Crippen LogP contribution in [0.15, 0.2) is 0 Å². The van der Waals surface area contributed by atoms with E-state index in [9.17, 15) is 9.46 Å². The molecular formula is C26H57NO6P+. The molecule has 0 aromatic carbocycles. The van der Waals surface area contributed by atoms with Gasteiger partial charge in [-0.25, -0.2) is 4.57 Å². The predicted molar refractivity (Wildman–Crippen MR) is 141 cm³/mol. The van der Waals surface area contributed by atoms with Crippen LogP contribution in [-0.4, -0.2) is 76.2 Å². The number of unbranched alkanes of at least 4 members (excludes halogenated alkanes) is 13. The Bertz CT molecular complexity index is 514. The van der Waals surface area contributed by atoms with Gasteiger partial charge < -0.3 is 18.9 Å². The monoisotopic (exact) mass is 510 g/mol. The summed E-state index contributed by atoms with van der Waals surface area (Å²) >= 11 is 0. The van der Waals surface area contributed by atoms with Crippen LogP contribution in [0.3, 0.4) is 0 Å². The maximum atomic E-state index is 12.1. The van der Waals surface area contributed by atoms with Crippen molar-refractivity contribution in [3.8, 4) is 0 Å². The van der Waals surface area contributed by atoms with E-state index in [-0.39, 0.29) is 13.2 Å². The summed E-state index contributed by atoms with van der Waals surface area (Å²) in [5, 5.41) is 0. The topological polar surface area (TPSA) is 74.2 Å². The number of nitrogens with zero attached hydrogens (tertiary/aromatic N) is 1. The molecule has 34 heavy (non-hydrogen) atoms. The fraction of sp³-hybridized carbons (Fsp3) is 1.00. The summed E-state index contributed by atoms with van der Waals surface area (Å²) in [5.41, 5.74) is -0.794. The molecule has 0 fully saturated rings. The Labute approximate surface area is 211 Å². The van der Waals surface area contributed by atoms with E-state index < -0.39 is 13.4 Å². The molecule has 0 aromatic rings. The van der Waals surface area contributed by atoms with Crippen LogP contribution in [-0.2, 0) is 23.1 Å². The standard InChI is InChI=1S/C26H56NO6P/c1-7-8-9-10-11-12-13-14-15-16-17-18-19-20-22-31-24-26(2,30-6)25-33-34(28,29)32-23-21-27(3,4)5/h7-25H2,1-6H3/p+1. The highest BCUT2D eigenvalue weighted by atomic mass is 31.2. The average Bonchev–Trinajstić information content (AvgIpc) is 2.76. The molecule has 0 radical (unpaired) electrons. The molecule has 0 amide bonds. The van der Waals surface area contributed by atoms with Gasteiger partial charge in [-0.3, -0.25) is 9.05 Å². The summed E-state index contributed by atoms with van der Waals surface area (Å²) in [6.45, 7) is 5.74. The molecule has 0 aliphatic rings. The van der Waals surface area contributed by atoms with Crippen LogP contribution in [0.25, 0.3) is 0 Å². The predicted octanol–water partition coefficient (Wildman–Crippen LogP) is 6.73. The van der Waals surface area contributed by atoms with Gasteiger partial charge in [-0.1, -0.05) is 90.4 Å². The number of hydrogen-bond acceptors (Lipinski definition) is 5. The Morgan fingerprint density at radius 2 is 1.21 bits per heavy atom. The van der Waals surface area contributed by atoms with Gasteiger partial charge in [0.25, 0.3) is 0 Å². The first-order valence-electron chi connectivity index (χ1n) is 13.6. The molecule has 0 saturated heterocycles. The van der Waals surface area contributed by atoms with Gasteiger partial charge in [0.1, 0.15) is 18.8 Å². The van der Waals surface area contributed by atoms with Gasteiger partial charge in [0.05, 0.1) is 34.4 Å². The van der Waals surface area contributed by atoms with E-state index in [2.05, 4.69) is 6.92 Å². The zero-order valence-corrected chi connectivity index (χ0v) is 24.2. The molecule has 0 spiro atoms. The molecule has 2 atom stereocenters. The number of ether oxygens (including phenoxy) is 2. The molecule has 0 bridgehead atoms. The molecule has 0 heterocycles. The lowest BCUT2D eigenvalue weighted by Gasteiger charge is -2.28. The Kier molecular flexibility index (Phi) is 20.1. The van der Waals surface area contributed by atoms with E-state index in [0.717, 1.165) is 6.42 Å². The number of methoxy groups -OCH3 is 1. The zero-order valence-electron chi connectivity index (χ0n) is 23.3.